The number of nitrogens with zero attached hydrogens (tertiary/aromatic N) is 3. The number of hydrogen-bond donors (Lipinski definition) is 3. The number of urea groups is 1. The quantitative estimate of drug-likeness (QED) is 0.182. The number of benzene rings is 1. The van der Waals surface area contributed by atoms with Crippen LogP contribution in [0.25, 0.3) is 20.8 Å². The molecule has 12 heteroatoms. The third kappa shape index (κ3) is 6.72. The fourth-order valence-corrected chi connectivity index (χ4v) is 5.48. The molecule has 10 nitrogen and oxygen atoms in total. The minimum atomic E-state index is -1.01. The van der Waals surface area contributed by atoms with Crippen molar-refractivity contribution in [3.05, 3.63) is 66.2 Å². The molecule has 1 atom stereocenters. The van der Waals surface area contributed by atoms with Gasteiger partial charge < -0.3 is 25.2 Å². The number of pyridine rings is 2. The van der Waals surface area contributed by atoms with Crippen LogP contribution in [-0.2, 0) is 4.74 Å². The average Bonchev–Trinajstić information content (AvgIpc) is 3.66. The van der Waals surface area contributed by atoms with E-state index in [2.05, 4.69) is 20.6 Å². The van der Waals surface area contributed by atoms with Gasteiger partial charge in [-0.25, -0.2) is 14.0 Å². The lowest BCUT2D eigenvalue weighted by Crippen LogP contribution is -2.36. The van der Waals surface area contributed by atoms with Crippen LogP contribution in [0.15, 0.2) is 54.9 Å². The molecule has 1 aliphatic rings. The number of hydrogen-bond acceptors (Lipinski definition) is 7. The van der Waals surface area contributed by atoms with Gasteiger partial charge in [0.1, 0.15) is 5.75 Å². The van der Waals surface area contributed by atoms with Gasteiger partial charge in [-0.15, -0.1) is 11.3 Å². The summed E-state index contributed by atoms with van der Waals surface area (Å²) >= 11 is 1.41. The summed E-state index contributed by atoms with van der Waals surface area (Å²) in [7, 11) is 1.54. The van der Waals surface area contributed by atoms with Crippen LogP contribution in [0.1, 0.15) is 37.8 Å². The van der Waals surface area contributed by atoms with Crippen molar-refractivity contribution in [2.75, 3.05) is 25.6 Å². The number of carboxylic acid groups (broad SMARTS) is 1. The van der Waals surface area contributed by atoms with Gasteiger partial charge in [0.2, 0.25) is 0 Å². The van der Waals surface area contributed by atoms with Crippen LogP contribution in [0.2, 0.25) is 0 Å². The number of fused-ring (bicyclic) bond motifs is 1. The second-order valence-corrected chi connectivity index (χ2v) is 10.7. The molecule has 0 aliphatic heterocycles. The Bertz CT molecular complexity index is 1540. The van der Waals surface area contributed by atoms with Crippen molar-refractivity contribution in [3.8, 4) is 22.1 Å². The molecule has 1 unspecified atom stereocenters. The third-order valence-electron chi connectivity index (χ3n) is 6.67. The van der Waals surface area contributed by atoms with Gasteiger partial charge in [-0.05, 0) is 49.1 Å². The minimum Gasteiger partial charge on any atom is -0.465 e. The number of methoxy groups -OCH3 is 1. The first kappa shape index (κ1) is 28.2. The van der Waals surface area contributed by atoms with E-state index in [1.54, 1.807) is 24.5 Å². The summed E-state index contributed by atoms with van der Waals surface area (Å²) in [5, 5.41) is 15.1. The Morgan fingerprint density at radius 3 is 2.66 bits per heavy atom. The van der Waals surface area contributed by atoms with E-state index >= 15 is 0 Å². The molecular weight excluding hydrogens is 549 g/mol. The van der Waals surface area contributed by atoms with Gasteiger partial charge in [-0.3, -0.25) is 14.9 Å². The van der Waals surface area contributed by atoms with E-state index in [1.807, 2.05) is 25.1 Å². The zero-order chi connectivity index (χ0) is 28.9. The second kappa shape index (κ2) is 12.5. The van der Waals surface area contributed by atoms with Crippen molar-refractivity contribution < 1.29 is 28.6 Å². The third-order valence-corrected chi connectivity index (χ3v) is 7.83. The molecule has 0 bridgehead atoms. The summed E-state index contributed by atoms with van der Waals surface area (Å²) < 4.78 is 26.6. The highest BCUT2D eigenvalue weighted by atomic mass is 32.1. The van der Waals surface area contributed by atoms with Gasteiger partial charge in [0, 0.05) is 49.9 Å². The summed E-state index contributed by atoms with van der Waals surface area (Å²) in [4.78, 5) is 35.0. The maximum Gasteiger partial charge on any atom is 0.407 e. The Kier molecular flexibility index (Phi) is 8.60. The number of rotatable bonds is 11. The molecule has 1 fully saturated rings. The lowest BCUT2D eigenvalue weighted by molar-refractivity contribution is 0.0960. The first-order valence-electron chi connectivity index (χ1n) is 13.2. The average molecular weight is 580 g/mol. The van der Waals surface area contributed by atoms with E-state index in [-0.39, 0.29) is 30.4 Å². The number of anilines is 1. The number of carbonyl (C=O) groups is 2. The van der Waals surface area contributed by atoms with E-state index in [0.717, 1.165) is 28.0 Å². The van der Waals surface area contributed by atoms with Crippen LogP contribution in [0.5, 0.6) is 11.5 Å². The number of carbonyl (C=O) groups excluding carboxylic acids is 1. The first-order chi connectivity index (χ1) is 19.9. The Labute approximate surface area is 240 Å². The van der Waals surface area contributed by atoms with Gasteiger partial charge in [-0.2, -0.15) is 0 Å². The minimum absolute atomic E-state index is 0.0187. The normalized spacial score (nSPS) is 13.5. The number of halogens is 1. The fraction of sp³-hybridized carbons (Fsp3) is 0.310. The summed E-state index contributed by atoms with van der Waals surface area (Å²) in [6, 6.07) is 11.0. The van der Waals surface area contributed by atoms with Gasteiger partial charge in [-0.1, -0.05) is 13.0 Å². The highest BCUT2D eigenvalue weighted by Gasteiger charge is 2.24. The summed E-state index contributed by atoms with van der Waals surface area (Å²) in [6.07, 6.45) is 4.78. The molecule has 5 rings (SSSR count). The largest absolute Gasteiger partial charge is 0.465 e. The Morgan fingerprint density at radius 1 is 1.17 bits per heavy atom. The fourth-order valence-electron chi connectivity index (χ4n) is 4.44. The predicted octanol–water partition coefficient (Wildman–Crippen LogP) is 6.65. The Morgan fingerprint density at radius 2 is 2.00 bits per heavy atom. The Balaban J connectivity index is 1.33. The molecule has 1 aromatic carbocycles. The Hall–Kier alpha value is -4.29. The molecule has 41 heavy (non-hydrogen) atoms. The van der Waals surface area contributed by atoms with Crippen LogP contribution in [0, 0.1) is 5.82 Å². The van der Waals surface area contributed by atoms with E-state index in [1.165, 1.54) is 35.5 Å². The second-order valence-electron chi connectivity index (χ2n) is 9.62. The predicted molar refractivity (Wildman–Crippen MR) is 154 cm³/mol. The van der Waals surface area contributed by atoms with Crippen LogP contribution in [0.4, 0.5) is 19.7 Å². The smallest absolute Gasteiger partial charge is 0.407 e. The van der Waals surface area contributed by atoms with Crippen LogP contribution < -0.4 is 15.4 Å². The highest BCUT2D eigenvalue weighted by Crippen LogP contribution is 2.39. The molecule has 3 heterocycles. The van der Waals surface area contributed by atoms with E-state index in [0.29, 0.717) is 35.7 Å². The van der Waals surface area contributed by atoms with E-state index in [4.69, 9.17) is 9.47 Å². The lowest BCUT2D eigenvalue weighted by Gasteiger charge is -2.28. The van der Waals surface area contributed by atoms with Crippen LogP contribution >= 0.6 is 11.3 Å². The van der Waals surface area contributed by atoms with Crippen molar-refractivity contribution >= 4 is 39.4 Å². The first-order valence-corrected chi connectivity index (χ1v) is 14.1. The molecular formula is C29H30FN5O5S. The van der Waals surface area contributed by atoms with Gasteiger partial charge in [0.05, 0.1) is 33.4 Å². The standard InChI is InChI=1S/C29H30FN5O5S/c1-3-23(35(29(37)38)12-13-39-2)17-4-8-21(32-16-17)26-15-22-27(41-26)25(10-11-31-22)40-24-9-7-19(14-20(24)30)34-28(36)33-18-5-6-18/h4,7-11,14-16,18,23H,3,5-6,12-13H2,1-2H3,(H,37,38)(H2,33,34,36). The van der Waals surface area contributed by atoms with Crippen molar-refractivity contribution in [1.82, 2.24) is 20.2 Å². The zero-order valence-corrected chi connectivity index (χ0v) is 23.4. The number of aromatic nitrogens is 2. The van der Waals surface area contributed by atoms with Crippen molar-refractivity contribution in [2.24, 2.45) is 0 Å². The number of ether oxygens (including phenoxy) is 2. The monoisotopic (exact) mass is 579 g/mol. The number of nitrogens with one attached hydrogen (secondary N) is 2. The molecule has 0 spiro atoms. The molecule has 3 aromatic heterocycles. The van der Waals surface area contributed by atoms with Gasteiger partial charge in [0.25, 0.3) is 0 Å². The summed E-state index contributed by atoms with van der Waals surface area (Å²) in [6.45, 7) is 2.49. The highest BCUT2D eigenvalue weighted by molar-refractivity contribution is 7.22. The lowest BCUT2D eigenvalue weighted by atomic mass is 10.0. The number of amides is 3. The molecule has 3 amide bonds. The molecule has 3 N–H and O–H groups in total. The molecule has 1 aliphatic carbocycles. The van der Waals surface area contributed by atoms with Crippen molar-refractivity contribution in [2.45, 2.75) is 38.3 Å². The maximum atomic E-state index is 14.9. The van der Waals surface area contributed by atoms with Gasteiger partial charge >= 0.3 is 12.1 Å². The molecule has 1 saturated carbocycles. The molecule has 0 radical (unpaired) electrons. The zero-order valence-electron chi connectivity index (χ0n) is 22.6. The van der Waals surface area contributed by atoms with E-state index < -0.39 is 11.9 Å². The molecule has 0 saturated heterocycles. The van der Waals surface area contributed by atoms with Crippen LogP contribution in [-0.4, -0.2) is 58.4 Å². The maximum absolute atomic E-state index is 14.9. The number of thiophene rings is 1. The molecule has 4 aromatic rings. The summed E-state index contributed by atoms with van der Waals surface area (Å²) in [5.41, 5.74) is 2.49. The molecule has 214 valence electrons. The summed E-state index contributed by atoms with van der Waals surface area (Å²) in [5.74, 6) is -0.153. The van der Waals surface area contributed by atoms with Crippen molar-refractivity contribution in [1.29, 1.82) is 0 Å². The van der Waals surface area contributed by atoms with Crippen molar-refractivity contribution in [3.63, 3.8) is 0 Å². The van der Waals surface area contributed by atoms with E-state index in [9.17, 15) is 19.1 Å². The van der Waals surface area contributed by atoms with Crippen LogP contribution in [0.3, 0.4) is 0 Å². The topological polar surface area (TPSA) is 126 Å². The van der Waals surface area contributed by atoms with Gasteiger partial charge in [0.15, 0.2) is 11.6 Å². The SMILES string of the molecule is CCC(c1ccc(-c2cc3nccc(Oc4ccc(NC(=O)NC5CC5)cc4F)c3s2)nc1)N(CCOC)C(=O)O.